The number of thiazole rings is 1. The lowest BCUT2D eigenvalue weighted by atomic mass is 10.3. The third-order valence-electron chi connectivity index (χ3n) is 4.30. The molecule has 7 heteroatoms. The van der Waals surface area contributed by atoms with Crippen molar-refractivity contribution in [2.75, 3.05) is 43.1 Å². The smallest absolute Gasteiger partial charge is 0.218 e. The average Bonchev–Trinajstić information content (AvgIpc) is 3.17. The van der Waals surface area contributed by atoms with E-state index in [0.717, 1.165) is 38.4 Å². The van der Waals surface area contributed by atoms with Crippen molar-refractivity contribution in [2.24, 2.45) is 0 Å². The highest BCUT2D eigenvalue weighted by molar-refractivity contribution is 7.15. The predicted octanol–water partition coefficient (Wildman–Crippen LogP) is 1.76. The fraction of sp³-hybridized carbons (Fsp3) is 0.533. The van der Waals surface area contributed by atoms with E-state index in [0.29, 0.717) is 5.88 Å². The number of methoxy groups -OCH3 is 1. The first-order valence-electron chi connectivity index (χ1n) is 7.68. The highest BCUT2D eigenvalue weighted by Crippen LogP contribution is 2.33. The lowest BCUT2D eigenvalue weighted by molar-refractivity contribution is 0.396. The molecule has 0 unspecified atom stereocenters. The van der Waals surface area contributed by atoms with Crippen LogP contribution in [0.1, 0.15) is 17.0 Å². The SMILES string of the molecule is COc1cc(N2CCN(c3nc4c(s3)CCC4)CC2)ncn1. The monoisotopic (exact) mass is 317 g/mol. The molecule has 0 amide bonds. The van der Waals surface area contributed by atoms with Gasteiger partial charge in [0.15, 0.2) is 5.13 Å². The van der Waals surface area contributed by atoms with E-state index in [1.165, 1.54) is 28.5 Å². The number of nitrogens with zero attached hydrogens (tertiary/aromatic N) is 5. The Morgan fingerprint density at radius 3 is 2.68 bits per heavy atom. The fourth-order valence-corrected chi connectivity index (χ4v) is 4.25. The van der Waals surface area contributed by atoms with Crippen molar-refractivity contribution < 1.29 is 4.74 Å². The van der Waals surface area contributed by atoms with Gasteiger partial charge in [0.05, 0.1) is 12.8 Å². The van der Waals surface area contributed by atoms with Crippen LogP contribution in [0.2, 0.25) is 0 Å². The highest BCUT2D eigenvalue weighted by atomic mass is 32.1. The molecule has 22 heavy (non-hydrogen) atoms. The van der Waals surface area contributed by atoms with Crippen LogP contribution in [0.4, 0.5) is 10.9 Å². The normalized spacial score (nSPS) is 17.7. The lowest BCUT2D eigenvalue weighted by Crippen LogP contribution is -2.46. The standard InChI is InChI=1S/C15H19N5OS/c1-21-14-9-13(16-10-17-14)19-5-7-20(8-6-19)15-18-11-3-2-4-12(11)22-15/h9-10H,2-8H2,1H3. The zero-order valence-corrected chi connectivity index (χ0v) is 13.5. The van der Waals surface area contributed by atoms with Gasteiger partial charge in [0.2, 0.25) is 5.88 Å². The summed E-state index contributed by atoms with van der Waals surface area (Å²) in [6, 6.07) is 1.90. The molecule has 1 fully saturated rings. The molecule has 116 valence electrons. The van der Waals surface area contributed by atoms with Crippen LogP contribution in [0.25, 0.3) is 0 Å². The van der Waals surface area contributed by atoms with Crippen molar-refractivity contribution in [3.8, 4) is 5.88 Å². The molecule has 0 radical (unpaired) electrons. The van der Waals surface area contributed by atoms with Gasteiger partial charge in [-0.25, -0.2) is 15.0 Å². The maximum absolute atomic E-state index is 5.17. The molecule has 0 spiro atoms. The average molecular weight is 317 g/mol. The highest BCUT2D eigenvalue weighted by Gasteiger charge is 2.24. The van der Waals surface area contributed by atoms with Crippen LogP contribution in [0.15, 0.2) is 12.4 Å². The Bertz CT molecular complexity index is 644. The van der Waals surface area contributed by atoms with Crippen molar-refractivity contribution in [3.05, 3.63) is 23.0 Å². The first-order chi connectivity index (χ1) is 10.8. The van der Waals surface area contributed by atoms with Crippen LogP contribution in [0, 0.1) is 0 Å². The van der Waals surface area contributed by atoms with Crippen molar-refractivity contribution >= 4 is 22.3 Å². The number of hydrogen-bond acceptors (Lipinski definition) is 7. The van der Waals surface area contributed by atoms with Crippen molar-refractivity contribution in [3.63, 3.8) is 0 Å². The number of hydrogen-bond donors (Lipinski definition) is 0. The molecule has 0 N–H and O–H groups in total. The summed E-state index contributed by atoms with van der Waals surface area (Å²) in [5.74, 6) is 1.55. The van der Waals surface area contributed by atoms with E-state index < -0.39 is 0 Å². The molecule has 0 aromatic carbocycles. The molecule has 6 nitrogen and oxygen atoms in total. The van der Waals surface area contributed by atoms with Crippen molar-refractivity contribution in [2.45, 2.75) is 19.3 Å². The summed E-state index contributed by atoms with van der Waals surface area (Å²) < 4.78 is 5.17. The van der Waals surface area contributed by atoms with E-state index in [4.69, 9.17) is 9.72 Å². The van der Waals surface area contributed by atoms with Gasteiger partial charge >= 0.3 is 0 Å². The van der Waals surface area contributed by atoms with Crippen LogP contribution in [-0.2, 0) is 12.8 Å². The number of piperazine rings is 1. The first kappa shape index (κ1) is 13.8. The topological polar surface area (TPSA) is 54.4 Å². The third-order valence-corrected chi connectivity index (χ3v) is 5.51. The fourth-order valence-electron chi connectivity index (χ4n) is 3.05. The van der Waals surface area contributed by atoms with Crippen molar-refractivity contribution in [1.82, 2.24) is 15.0 Å². The molecule has 2 aromatic heterocycles. The largest absolute Gasteiger partial charge is 0.481 e. The molecule has 2 aliphatic rings. The zero-order valence-electron chi connectivity index (χ0n) is 12.7. The molecule has 1 saturated heterocycles. The lowest BCUT2D eigenvalue weighted by Gasteiger charge is -2.35. The number of anilines is 2. The Morgan fingerprint density at radius 1 is 1.09 bits per heavy atom. The van der Waals surface area contributed by atoms with Gasteiger partial charge in [-0.2, -0.15) is 0 Å². The third kappa shape index (κ3) is 2.49. The molecule has 0 saturated carbocycles. The van der Waals surface area contributed by atoms with E-state index in [1.807, 2.05) is 17.4 Å². The summed E-state index contributed by atoms with van der Waals surface area (Å²) >= 11 is 1.88. The summed E-state index contributed by atoms with van der Waals surface area (Å²) in [4.78, 5) is 19.4. The molecular formula is C15H19N5OS. The molecule has 1 aliphatic carbocycles. The van der Waals surface area contributed by atoms with Gasteiger partial charge in [0, 0.05) is 37.1 Å². The summed E-state index contributed by atoms with van der Waals surface area (Å²) in [5, 5.41) is 1.20. The van der Waals surface area contributed by atoms with Gasteiger partial charge in [-0.1, -0.05) is 0 Å². The van der Waals surface area contributed by atoms with Crippen LogP contribution >= 0.6 is 11.3 Å². The number of aromatic nitrogens is 3. The van der Waals surface area contributed by atoms with Gasteiger partial charge in [0.1, 0.15) is 12.1 Å². The Hall–Kier alpha value is -1.89. The first-order valence-corrected chi connectivity index (χ1v) is 8.49. The maximum atomic E-state index is 5.17. The maximum Gasteiger partial charge on any atom is 0.218 e. The molecule has 1 aliphatic heterocycles. The van der Waals surface area contributed by atoms with Crippen LogP contribution < -0.4 is 14.5 Å². The minimum Gasteiger partial charge on any atom is -0.481 e. The second-order valence-electron chi connectivity index (χ2n) is 5.61. The molecule has 0 bridgehead atoms. The van der Waals surface area contributed by atoms with Crippen LogP contribution in [-0.4, -0.2) is 48.2 Å². The van der Waals surface area contributed by atoms with E-state index in [1.54, 1.807) is 13.4 Å². The second kappa shape index (κ2) is 5.72. The number of rotatable bonds is 3. The minimum atomic E-state index is 0.615. The second-order valence-corrected chi connectivity index (χ2v) is 6.67. The Balaban J connectivity index is 1.43. The summed E-state index contributed by atoms with van der Waals surface area (Å²) in [6.45, 7) is 3.87. The molecular weight excluding hydrogens is 298 g/mol. The van der Waals surface area contributed by atoms with Gasteiger partial charge in [-0.3, -0.25) is 0 Å². The van der Waals surface area contributed by atoms with E-state index in [-0.39, 0.29) is 0 Å². The van der Waals surface area contributed by atoms with Gasteiger partial charge in [0.25, 0.3) is 0 Å². The molecule has 0 atom stereocenters. The number of aryl methyl sites for hydroxylation is 2. The summed E-state index contributed by atoms with van der Waals surface area (Å²) in [5.41, 5.74) is 1.34. The molecule has 3 heterocycles. The van der Waals surface area contributed by atoms with Gasteiger partial charge < -0.3 is 14.5 Å². The number of fused-ring (bicyclic) bond motifs is 1. The zero-order chi connectivity index (χ0) is 14.9. The quantitative estimate of drug-likeness (QED) is 0.860. The summed E-state index contributed by atoms with van der Waals surface area (Å²) in [6.07, 6.45) is 5.21. The molecule has 2 aromatic rings. The number of ether oxygens (including phenoxy) is 1. The van der Waals surface area contributed by atoms with Crippen molar-refractivity contribution in [1.29, 1.82) is 0 Å². The van der Waals surface area contributed by atoms with E-state index in [2.05, 4.69) is 19.8 Å². The summed E-state index contributed by atoms with van der Waals surface area (Å²) in [7, 11) is 1.63. The Labute approximate surface area is 133 Å². The Morgan fingerprint density at radius 2 is 1.91 bits per heavy atom. The molecule has 4 rings (SSSR count). The minimum absolute atomic E-state index is 0.615. The predicted molar refractivity (Wildman–Crippen MR) is 87.1 cm³/mol. The van der Waals surface area contributed by atoms with Gasteiger partial charge in [-0.15, -0.1) is 11.3 Å². The van der Waals surface area contributed by atoms with Gasteiger partial charge in [-0.05, 0) is 19.3 Å². The Kier molecular flexibility index (Phi) is 3.57. The van der Waals surface area contributed by atoms with Crippen LogP contribution in [0.5, 0.6) is 5.88 Å². The van der Waals surface area contributed by atoms with E-state index in [9.17, 15) is 0 Å². The van der Waals surface area contributed by atoms with Crippen LogP contribution in [0.3, 0.4) is 0 Å². The van der Waals surface area contributed by atoms with E-state index >= 15 is 0 Å².